The summed E-state index contributed by atoms with van der Waals surface area (Å²) in [7, 11) is -3.23. The molecule has 5 nitrogen and oxygen atoms in total. The van der Waals surface area contributed by atoms with Crippen LogP contribution in [-0.2, 0) is 16.4 Å². The molecule has 0 saturated carbocycles. The fourth-order valence-corrected chi connectivity index (χ4v) is 2.73. The molecule has 0 aliphatic carbocycles. The first-order valence-electron chi connectivity index (χ1n) is 6.15. The summed E-state index contributed by atoms with van der Waals surface area (Å²) in [5.41, 5.74) is 6.14. The summed E-state index contributed by atoms with van der Waals surface area (Å²) in [6.07, 6.45) is 4.28. The van der Waals surface area contributed by atoms with E-state index in [4.69, 9.17) is 18.0 Å². The van der Waals surface area contributed by atoms with Crippen molar-refractivity contribution in [2.45, 2.75) is 25.7 Å². The molecule has 0 aromatic carbocycles. The number of unbranched alkanes of at least 4 members (excludes halogenated alkanes) is 1. The Kier molecular flexibility index (Phi) is 6.90. The second-order valence-corrected chi connectivity index (χ2v) is 6.66. The SMILES string of the molecule is NC(=S)CCCCNS(=O)(=O)CCc1ccccn1. The van der Waals surface area contributed by atoms with Crippen LogP contribution in [0.5, 0.6) is 0 Å². The Balaban J connectivity index is 2.23. The van der Waals surface area contributed by atoms with Crippen molar-refractivity contribution in [2.75, 3.05) is 12.3 Å². The first kappa shape index (κ1) is 16.0. The number of sulfonamides is 1. The van der Waals surface area contributed by atoms with Gasteiger partial charge in [-0.2, -0.15) is 0 Å². The quantitative estimate of drug-likeness (QED) is 0.525. The summed E-state index contributed by atoms with van der Waals surface area (Å²) < 4.78 is 26.0. The van der Waals surface area contributed by atoms with E-state index >= 15 is 0 Å². The summed E-state index contributed by atoms with van der Waals surface area (Å²) >= 11 is 4.75. The standard InChI is InChI=1S/C12H19N3O2S2/c13-12(18)6-2-4-9-15-19(16,17)10-7-11-5-1-3-8-14-11/h1,3,5,8,15H,2,4,6-7,9-10H2,(H2,13,18). The maximum absolute atomic E-state index is 11.7. The minimum Gasteiger partial charge on any atom is -0.393 e. The predicted molar refractivity (Wildman–Crippen MR) is 80.4 cm³/mol. The van der Waals surface area contributed by atoms with Crippen molar-refractivity contribution >= 4 is 27.2 Å². The molecule has 106 valence electrons. The molecule has 0 radical (unpaired) electrons. The number of pyridine rings is 1. The van der Waals surface area contributed by atoms with E-state index in [0.29, 0.717) is 24.4 Å². The molecular weight excluding hydrogens is 282 g/mol. The zero-order valence-electron chi connectivity index (χ0n) is 10.7. The Morgan fingerprint density at radius 2 is 2.16 bits per heavy atom. The van der Waals surface area contributed by atoms with Crippen LogP contribution >= 0.6 is 12.2 Å². The van der Waals surface area contributed by atoms with Crippen LogP contribution in [0.1, 0.15) is 25.0 Å². The lowest BCUT2D eigenvalue weighted by molar-refractivity contribution is 0.576. The Morgan fingerprint density at radius 3 is 2.79 bits per heavy atom. The van der Waals surface area contributed by atoms with Gasteiger partial charge in [0, 0.05) is 24.9 Å². The highest BCUT2D eigenvalue weighted by molar-refractivity contribution is 7.89. The average molecular weight is 301 g/mol. The van der Waals surface area contributed by atoms with Gasteiger partial charge in [-0.3, -0.25) is 4.98 Å². The van der Waals surface area contributed by atoms with Gasteiger partial charge in [-0.1, -0.05) is 18.3 Å². The summed E-state index contributed by atoms with van der Waals surface area (Å²) in [4.78, 5) is 4.56. The third-order valence-corrected chi connectivity index (χ3v) is 4.11. The van der Waals surface area contributed by atoms with E-state index in [9.17, 15) is 8.42 Å². The maximum Gasteiger partial charge on any atom is 0.211 e. The van der Waals surface area contributed by atoms with Crippen LogP contribution in [0.3, 0.4) is 0 Å². The number of nitrogens with two attached hydrogens (primary N) is 1. The van der Waals surface area contributed by atoms with Gasteiger partial charge in [0.05, 0.1) is 10.7 Å². The number of aryl methyl sites for hydroxylation is 1. The van der Waals surface area contributed by atoms with Crippen LogP contribution in [-0.4, -0.2) is 30.7 Å². The van der Waals surface area contributed by atoms with E-state index in [0.717, 1.165) is 18.5 Å². The van der Waals surface area contributed by atoms with Crippen molar-refractivity contribution in [3.63, 3.8) is 0 Å². The van der Waals surface area contributed by atoms with Gasteiger partial charge < -0.3 is 5.73 Å². The second kappa shape index (κ2) is 8.19. The molecule has 0 saturated heterocycles. The highest BCUT2D eigenvalue weighted by Gasteiger charge is 2.09. The van der Waals surface area contributed by atoms with Crippen molar-refractivity contribution in [2.24, 2.45) is 5.73 Å². The Morgan fingerprint density at radius 1 is 1.37 bits per heavy atom. The molecule has 0 unspecified atom stereocenters. The van der Waals surface area contributed by atoms with Gasteiger partial charge in [0.15, 0.2) is 0 Å². The van der Waals surface area contributed by atoms with Gasteiger partial charge in [0.25, 0.3) is 0 Å². The van der Waals surface area contributed by atoms with Crippen molar-refractivity contribution in [3.8, 4) is 0 Å². The van der Waals surface area contributed by atoms with E-state index in [2.05, 4.69) is 9.71 Å². The fraction of sp³-hybridized carbons (Fsp3) is 0.500. The summed E-state index contributed by atoms with van der Waals surface area (Å²) in [6, 6.07) is 5.47. The van der Waals surface area contributed by atoms with Crippen LogP contribution in [0.4, 0.5) is 0 Å². The Bertz CT molecular complexity index is 489. The fourth-order valence-electron chi connectivity index (χ4n) is 1.51. The lowest BCUT2D eigenvalue weighted by Crippen LogP contribution is -2.28. The zero-order chi connectivity index (χ0) is 14.1. The van der Waals surface area contributed by atoms with E-state index in [1.807, 2.05) is 12.1 Å². The van der Waals surface area contributed by atoms with E-state index in [1.54, 1.807) is 12.3 Å². The van der Waals surface area contributed by atoms with Crippen molar-refractivity contribution in [1.82, 2.24) is 9.71 Å². The van der Waals surface area contributed by atoms with E-state index < -0.39 is 10.0 Å². The van der Waals surface area contributed by atoms with E-state index in [1.165, 1.54) is 0 Å². The molecule has 1 heterocycles. The Labute approximate surface area is 119 Å². The van der Waals surface area contributed by atoms with Crippen LogP contribution < -0.4 is 10.5 Å². The monoisotopic (exact) mass is 301 g/mol. The minimum atomic E-state index is -3.23. The molecule has 1 rings (SSSR count). The van der Waals surface area contributed by atoms with E-state index in [-0.39, 0.29) is 5.75 Å². The molecule has 0 spiro atoms. The third-order valence-electron chi connectivity index (χ3n) is 2.53. The molecule has 0 amide bonds. The van der Waals surface area contributed by atoms with Crippen LogP contribution in [0, 0.1) is 0 Å². The minimum absolute atomic E-state index is 0.0549. The molecular formula is C12H19N3O2S2. The molecule has 0 atom stereocenters. The van der Waals surface area contributed by atoms with Gasteiger partial charge in [-0.15, -0.1) is 0 Å². The molecule has 19 heavy (non-hydrogen) atoms. The molecule has 3 N–H and O–H groups in total. The van der Waals surface area contributed by atoms with Crippen LogP contribution in [0.2, 0.25) is 0 Å². The highest BCUT2D eigenvalue weighted by Crippen LogP contribution is 1.99. The number of hydrogen-bond acceptors (Lipinski definition) is 4. The molecule has 1 aromatic heterocycles. The molecule has 7 heteroatoms. The van der Waals surface area contributed by atoms with Gasteiger partial charge in [-0.25, -0.2) is 13.1 Å². The molecule has 0 aliphatic rings. The molecule has 0 aliphatic heterocycles. The van der Waals surface area contributed by atoms with Gasteiger partial charge in [0.1, 0.15) is 0 Å². The number of aromatic nitrogens is 1. The third kappa shape index (κ3) is 7.86. The smallest absolute Gasteiger partial charge is 0.211 e. The normalized spacial score (nSPS) is 11.4. The number of thiocarbonyl (C=S) groups is 1. The van der Waals surface area contributed by atoms with Crippen molar-refractivity contribution in [3.05, 3.63) is 30.1 Å². The average Bonchev–Trinajstić information content (AvgIpc) is 2.37. The number of nitrogens with zero attached hydrogens (tertiary/aromatic N) is 1. The van der Waals surface area contributed by atoms with Crippen LogP contribution in [0.25, 0.3) is 0 Å². The highest BCUT2D eigenvalue weighted by atomic mass is 32.2. The van der Waals surface area contributed by atoms with Crippen molar-refractivity contribution < 1.29 is 8.42 Å². The maximum atomic E-state index is 11.7. The summed E-state index contributed by atoms with van der Waals surface area (Å²) in [5.74, 6) is 0.0549. The second-order valence-electron chi connectivity index (χ2n) is 4.21. The van der Waals surface area contributed by atoms with Gasteiger partial charge in [0.2, 0.25) is 10.0 Å². The molecule has 0 bridgehead atoms. The lowest BCUT2D eigenvalue weighted by atomic mass is 10.2. The lowest BCUT2D eigenvalue weighted by Gasteiger charge is -2.06. The molecule has 0 fully saturated rings. The van der Waals surface area contributed by atoms with Crippen LogP contribution in [0.15, 0.2) is 24.4 Å². The van der Waals surface area contributed by atoms with Gasteiger partial charge in [-0.05, 0) is 31.4 Å². The van der Waals surface area contributed by atoms with Gasteiger partial charge >= 0.3 is 0 Å². The first-order valence-corrected chi connectivity index (χ1v) is 8.21. The van der Waals surface area contributed by atoms with Crippen molar-refractivity contribution in [1.29, 1.82) is 0 Å². The molecule has 1 aromatic rings. The summed E-state index contributed by atoms with van der Waals surface area (Å²) in [5, 5.41) is 0. The predicted octanol–water partition coefficient (Wildman–Crippen LogP) is 1.000. The topological polar surface area (TPSA) is 85.1 Å². The Hall–Kier alpha value is -1.05. The number of rotatable bonds is 9. The number of nitrogens with one attached hydrogen (secondary N) is 1. The first-order chi connectivity index (χ1) is 8.99. The number of hydrogen-bond donors (Lipinski definition) is 2. The summed E-state index contributed by atoms with van der Waals surface area (Å²) in [6.45, 7) is 0.424. The largest absolute Gasteiger partial charge is 0.393 e. The zero-order valence-corrected chi connectivity index (χ0v) is 12.3.